The van der Waals surface area contributed by atoms with Crippen LogP contribution in [0, 0.1) is 6.92 Å². The van der Waals surface area contributed by atoms with E-state index in [0.29, 0.717) is 6.04 Å². The molecule has 0 amide bonds. The van der Waals surface area contributed by atoms with Crippen molar-refractivity contribution in [1.82, 2.24) is 15.3 Å². The summed E-state index contributed by atoms with van der Waals surface area (Å²) in [4.78, 5) is 8.39. The second kappa shape index (κ2) is 4.37. The molecular weight excluding hydrogens is 176 g/mol. The van der Waals surface area contributed by atoms with Gasteiger partial charge in [0.15, 0.2) is 0 Å². The molecule has 14 heavy (non-hydrogen) atoms. The molecule has 4 nitrogen and oxygen atoms in total. The first-order valence-corrected chi connectivity index (χ1v) is 5.11. The molecule has 1 saturated heterocycles. The first-order valence-electron chi connectivity index (χ1n) is 5.11. The predicted octanol–water partition coefficient (Wildman–Crippen LogP) is 0.949. The molecular formula is C10H16N4. The minimum absolute atomic E-state index is 0.561. The summed E-state index contributed by atoms with van der Waals surface area (Å²) in [5.74, 6) is 1.77. The number of aromatic nitrogens is 2. The van der Waals surface area contributed by atoms with Crippen molar-refractivity contribution in [3.8, 4) is 0 Å². The molecule has 2 heterocycles. The van der Waals surface area contributed by atoms with E-state index in [1.54, 1.807) is 6.20 Å². The number of aryl methyl sites for hydroxylation is 1. The number of rotatable bonds is 2. The normalized spacial score (nSPS) is 18.1. The largest absolute Gasteiger partial charge is 0.367 e. The van der Waals surface area contributed by atoms with Gasteiger partial charge in [0.05, 0.1) is 0 Å². The van der Waals surface area contributed by atoms with E-state index in [4.69, 9.17) is 0 Å². The zero-order chi connectivity index (χ0) is 9.80. The van der Waals surface area contributed by atoms with Crippen molar-refractivity contribution in [1.29, 1.82) is 0 Å². The van der Waals surface area contributed by atoms with Gasteiger partial charge in [-0.1, -0.05) is 0 Å². The molecule has 0 atom stereocenters. The lowest BCUT2D eigenvalue weighted by atomic mass is 10.1. The third-order valence-electron chi connectivity index (χ3n) is 2.47. The molecule has 1 aromatic heterocycles. The number of nitrogens with one attached hydrogen (secondary N) is 2. The van der Waals surface area contributed by atoms with Crippen LogP contribution in [0.1, 0.15) is 18.7 Å². The van der Waals surface area contributed by atoms with Gasteiger partial charge in [0, 0.05) is 12.2 Å². The lowest BCUT2D eigenvalue weighted by Gasteiger charge is -2.24. The molecule has 76 valence electrons. The average Bonchev–Trinajstić information content (AvgIpc) is 2.19. The summed E-state index contributed by atoms with van der Waals surface area (Å²) >= 11 is 0. The van der Waals surface area contributed by atoms with Crippen molar-refractivity contribution in [2.45, 2.75) is 25.8 Å². The maximum Gasteiger partial charge on any atom is 0.129 e. The molecule has 1 aliphatic heterocycles. The van der Waals surface area contributed by atoms with Gasteiger partial charge in [0.25, 0.3) is 0 Å². The predicted molar refractivity (Wildman–Crippen MR) is 56.3 cm³/mol. The Morgan fingerprint density at radius 1 is 1.43 bits per heavy atom. The Bertz CT molecular complexity index is 294. The summed E-state index contributed by atoms with van der Waals surface area (Å²) in [6.07, 6.45) is 4.14. The van der Waals surface area contributed by atoms with Crippen molar-refractivity contribution < 1.29 is 0 Å². The highest BCUT2D eigenvalue weighted by molar-refractivity contribution is 5.34. The van der Waals surface area contributed by atoms with Crippen LogP contribution >= 0.6 is 0 Å². The summed E-state index contributed by atoms with van der Waals surface area (Å²) < 4.78 is 0. The van der Waals surface area contributed by atoms with Crippen molar-refractivity contribution in [2.24, 2.45) is 0 Å². The van der Waals surface area contributed by atoms with Crippen LogP contribution in [0.4, 0.5) is 5.82 Å². The highest BCUT2D eigenvalue weighted by Gasteiger charge is 2.12. The number of hydrogen-bond donors (Lipinski definition) is 2. The zero-order valence-corrected chi connectivity index (χ0v) is 8.45. The van der Waals surface area contributed by atoms with Crippen LogP contribution in [-0.2, 0) is 0 Å². The van der Waals surface area contributed by atoms with Crippen molar-refractivity contribution in [3.05, 3.63) is 18.1 Å². The van der Waals surface area contributed by atoms with E-state index in [-0.39, 0.29) is 0 Å². The summed E-state index contributed by atoms with van der Waals surface area (Å²) in [6, 6.07) is 2.49. The smallest absolute Gasteiger partial charge is 0.129 e. The van der Waals surface area contributed by atoms with E-state index >= 15 is 0 Å². The number of hydrogen-bond acceptors (Lipinski definition) is 4. The van der Waals surface area contributed by atoms with Gasteiger partial charge in [-0.2, -0.15) is 0 Å². The molecule has 2 rings (SSSR count). The third kappa shape index (κ3) is 2.42. The van der Waals surface area contributed by atoms with E-state index in [0.717, 1.165) is 24.7 Å². The van der Waals surface area contributed by atoms with E-state index in [9.17, 15) is 0 Å². The topological polar surface area (TPSA) is 49.8 Å². The highest BCUT2D eigenvalue weighted by Crippen LogP contribution is 2.10. The Kier molecular flexibility index (Phi) is 2.93. The van der Waals surface area contributed by atoms with Gasteiger partial charge in [0.2, 0.25) is 0 Å². The molecule has 0 aromatic carbocycles. The molecule has 1 fully saturated rings. The quantitative estimate of drug-likeness (QED) is 0.732. The van der Waals surface area contributed by atoms with Gasteiger partial charge >= 0.3 is 0 Å². The molecule has 1 aromatic rings. The Morgan fingerprint density at radius 2 is 2.21 bits per heavy atom. The summed E-state index contributed by atoms with van der Waals surface area (Å²) in [5, 5.41) is 6.77. The minimum Gasteiger partial charge on any atom is -0.367 e. The molecule has 0 aliphatic carbocycles. The molecule has 4 heteroatoms. The molecule has 0 bridgehead atoms. The van der Waals surface area contributed by atoms with Crippen molar-refractivity contribution in [2.75, 3.05) is 18.4 Å². The van der Waals surface area contributed by atoms with Gasteiger partial charge in [0.1, 0.15) is 11.6 Å². The number of piperidine rings is 1. The first-order chi connectivity index (χ1) is 6.84. The Morgan fingerprint density at radius 3 is 2.93 bits per heavy atom. The summed E-state index contributed by atoms with van der Waals surface area (Å²) in [6.45, 7) is 4.11. The van der Waals surface area contributed by atoms with Crippen LogP contribution in [0.15, 0.2) is 12.3 Å². The van der Waals surface area contributed by atoms with Gasteiger partial charge in [-0.3, -0.25) is 0 Å². The van der Waals surface area contributed by atoms with Gasteiger partial charge in [-0.25, -0.2) is 9.97 Å². The zero-order valence-electron chi connectivity index (χ0n) is 8.45. The monoisotopic (exact) mass is 192 g/mol. The molecule has 0 radical (unpaired) electrons. The van der Waals surface area contributed by atoms with E-state index in [1.807, 2.05) is 13.0 Å². The van der Waals surface area contributed by atoms with E-state index < -0.39 is 0 Å². The maximum absolute atomic E-state index is 4.32. The first kappa shape index (κ1) is 9.40. The number of anilines is 1. The Hall–Kier alpha value is -1.16. The Balaban J connectivity index is 1.95. The molecule has 0 spiro atoms. The maximum atomic E-state index is 4.32. The second-order valence-electron chi connectivity index (χ2n) is 3.66. The second-order valence-corrected chi connectivity index (χ2v) is 3.66. The standard InChI is InChI=1S/C10H16N4/c1-8-12-7-4-10(13-8)14-9-2-5-11-6-3-9/h4,7,9,11H,2-3,5-6H2,1H3,(H,12,13,14). The van der Waals surface area contributed by atoms with E-state index in [2.05, 4.69) is 20.6 Å². The molecule has 0 saturated carbocycles. The fourth-order valence-corrected chi connectivity index (χ4v) is 1.71. The van der Waals surface area contributed by atoms with Crippen LogP contribution in [0.2, 0.25) is 0 Å². The van der Waals surface area contributed by atoms with Crippen LogP contribution in [0.5, 0.6) is 0 Å². The molecule has 2 N–H and O–H groups in total. The SMILES string of the molecule is Cc1nccc(NC2CCNCC2)n1. The lowest BCUT2D eigenvalue weighted by molar-refractivity contribution is 0.478. The molecule has 0 unspecified atom stereocenters. The average molecular weight is 192 g/mol. The van der Waals surface area contributed by atoms with Gasteiger partial charge in [-0.05, 0) is 38.9 Å². The van der Waals surface area contributed by atoms with Gasteiger partial charge in [-0.15, -0.1) is 0 Å². The van der Waals surface area contributed by atoms with Gasteiger partial charge < -0.3 is 10.6 Å². The Labute approximate surface area is 84.2 Å². The lowest BCUT2D eigenvalue weighted by Crippen LogP contribution is -2.35. The third-order valence-corrected chi connectivity index (χ3v) is 2.47. The van der Waals surface area contributed by atoms with Crippen LogP contribution in [-0.4, -0.2) is 29.1 Å². The highest BCUT2D eigenvalue weighted by atomic mass is 15.1. The minimum atomic E-state index is 0.561. The molecule has 1 aliphatic rings. The van der Waals surface area contributed by atoms with Crippen LogP contribution < -0.4 is 10.6 Å². The van der Waals surface area contributed by atoms with Crippen LogP contribution in [0.25, 0.3) is 0 Å². The fraction of sp³-hybridized carbons (Fsp3) is 0.600. The van der Waals surface area contributed by atoms with Crippen molar-refractivity contribution >= 4 is 5.82 Å². The summed E-state index contributed by atoms with van der Waals surface area (Å²) in [7, 11) is 0. The van der Waals surface area contributed by atoms with Crippen molar-refractivity contribution in [3.63, 3.8) is 0 Å². The number of nitrogens with zero attached hydrogens (tertiary/aromatic N) is 2. The fourth-order valence-electron chi connectivity index (χ4n) is 1.71. The van der Waals surface area contributed by atoms with E-state index in [1.165, 1.54) is 12.8 Å². The van der Waals surface area contributed by atoms with Crippen LogP contribution in [0.3, 0.4) is 0 Å². The summed E-state index contributed by atoms with van der Waals surface area (Å²) in [5.41, 5.74) is 0.